The Balaban J connectivity index is 2.23. The number of rotatable bonds is 4. The van der Waals surface area contributed by atoms with Gasteiger partial charge in [0.1, 0.15) is 6.04 Å². The van der Waals surface area contributed by atoms with E-state index in [1.807, 2.05) is 24.5 Å². The lowest BCUT2D eigenvalue weighted by Gasteiger charge is -2.27. The van der Waals surface area contributed by atoms with Gasteiger partial charge >= 0.3 is 5.97 Å². The van der Waals surface area contributed by atoms with Gasteiger partial charge in [-0.25, -0.2) is 4.79 Å². The largest absolute Gasteiger partial charge is 0.480 e. The van der Waals surface area contributed by atoms with Crippen molar-refractivity contribution in [1.82, 2.24) is 4.90 Å². The first-order valence-corrected chi connectivity index (χ1v) is 8.64. The monoisotopic (exact) mass is 307 g/mol. The average molecular weight is 307 g/mol. The Morgan fingerprint density at radius 2 is 2.14 bits per heavy atom. The van der Waals surface area contributed by atoms with Gasteiger partial charge in [0, 0.05) is 17.9 Å². The molecule has 1 aliphatic heterocycles. The molecule has 1 unspecified atom stereocenters. The fraction of sp³-hybridized carbons (Fsp3) is 0.500. The SMILES string of the molecule is CSCc1cccc(C(=O)N2CCCCCC2C(=O)O)c1. The van der Waals surface area contributed by atoms with Crippen LogP contribution in [0.1, 0.15) is 41.6 Å². The van der Waals surface area contributed by atoms with Gasteiger partial charge in [0.15, 0.2) is 0 Å². The van der Waals surface area contributed by atoms with Crippen molar-refractivity contribution in [3.05, 3.63) is 35.4 Å². The molecular formula is C16H21NO3S. The summed E-state index contributed by atoms with van der Waals surface area (Å²) in [6.07, 6.45) is 5.29. The van der Waals surface area contributed by atoms with Gasteiger partial charge in [0.05, 0.1) is 0 Å². The Hall–Kier alpha value is -1.49. The van der Waals surface area contributed by atoms with Crippen LogP contribution in [0.2, 0.25) is 0 Å². The molecule has 1 atom stereocenters. The van der Waals surface area contributed by atoms with Crippen LogP contribution in [0.5, 0.6) is 0 Å². The van der Waals surface area contributed by atoms with Crippen LogP contribution in [-0.2, 0) is 10.5 Å². The lowest BCUT2D eigenvalue weighted by Crippen LogP contribution is -2.44. The number of carbonyl (C=O) groups is 2. The van der Waals surface area contributed by atoms with Gasteiger partial charge in [0.2, 0.25) is 0 Å². The lowest BCUT2D eigenvalue weighted by atomic mass is 10.1. The topological polar surface area (TPSA) is 57.6 Å². The van der Waals surface area contributed by atoms with E-state index in [1.165, 1.54) is 4.90 Å². The van der Waals surface area contributed by atoms with Crippen molar-refractivity contribution in [3.63, 3.8) is 0 Å². The van der Waals surface area contributed by atoms with Crippen LogP contribution in [0.15, 0.2) is 24.3 Å². The normalized spacial score (nSPS) is 19.1. The first-order chi connectivity index (χ1) is 10.1. The number of carboxylic acid groups (broad SMARTS) is 1. The van der Waals surface area contributed by atoms with Crippen LogP contribution in [0.4, 0.5) is 0 Å². The molecular weight excluding hydrogens is 286 g/mol. The van der Waals surface area contributed by atoms with Gasteiger partial charge in [-0.15, -0.1) is 0 Å². The molecule has 0 spiro atoms. The molecule has 1 fully saturated rings. The van der Waals surface area contributed by atoms with Gasteiger partial charge in [-0.1, -0.05) is 25.0 Å². The number of likely N-dealkylation sites (tertiary alicyclic amines) is 1. The number of aliphatic carboxylic acids is 1. The molecule has 1 N–H and O–H groups in total. The van der Waals surface area contributed by atoms with Gasteiger partial charge in [-0.2, -0.15) is 11.8 Å². The van der Waals surface area contributed by atoms with E-state index in [0.717, 1.165) is 30.6 Å². The van der Waals surface area contributed by atoms with Crippen molar-refractivity contribution in [2.24, 2.45) is 0 Å². The number of benzene rings is 1. The van der Waals surface area contributed by atoms with Crippen molar-refractivity contribution >= 4 is 23.6 Å². The van der Waals surface area contributed by atoms with Gasteiger partial charge in [0.25, 0.3) is 5.91 Å². The molecule has 1 heterocycles. The quantitative estimate of drug-likeness (QED) is 0.929. The minimum absolute atomic E-state index is 0.160. The Kier molecular flexibility index (Phi) is 5.67. The van der Waals surface area contributed by atoms with E-state index in [2.05, 4.69) is 0 Å². The maximum Gasteiger partial charge on any atom is 0.326 e. The van der Waals surface area contributed by atoms with Crippen LogP contribution < -0.4 is 0 Å². The summed E-state index contributed by atoms with van der Waals surface area (Å²) < 4.78 is 0. The second-order valence-electron chi connectivity index (χ2n) is 5.34. The number of amides is 1. The molecule has 1 amide bonds. The van der Waals surface area contributed by atoms with E-state index >= 15 is 0 Å². The summed E-state index contributed by atoms with van der Waals surface area (Å²) in [6.45, 7) is 0.530. The van der Waals surface area contributed by atoms with E-state index in [0.29, 0.717) is 18.5 Å². The predicted molar refractivity (Wildman–Crippen MR) is 84.6 cm³/mol. The Morgan fingerprint density at radius 3 is 2.86 bits per heavy atom. The van der Waals surface area contributed by atoms with Crippen molar-refractivity contribution in [1.29, 1.82) is 0 Å². The molecule has 1 aliphatic rings. The minimum atomic E-state index is -0.898. The average Bonchev–Trinajstić information content (AvgIpc) is 2.73. The molecule has 0 radical (unpaired) electrons. The third-order valence-electron chi connectivity index (χ3n) is 3.78. The van der Waals surface area contributed by atoms with Crippen LogP contribution in [0.3, 0.4) is 0 Å². The maximum atomic E-state index is 12.7. The zero-order valence-corrected chi connectivity index (χ0v) is 13.1. The van der Waals surface area contributed by atoms with E-state index in [1.54, 1.807) is 17.8 Å². The highest BCUT2D eigenvalue weighted by Gasteiger charge is 2.31. The summed E-state index contributed by atoms with van der Waals surface area (Å²) >= 11 is 1.70. The van der Waals surface area contributed by atoms with Crippen molar-refractivity contribution in [3.8, 4) is 0 Å². The molecule has 5 heteroatoms. The van der Waals surface area contributed by atoms with Crippen LogP contribution in [0, 0.1) is 0 Å². The van der Waals surface area contributed by atoms with Crippen molar-refractivity contribution in [2.45, 2.75) is 37.5 Å². The van der Waals surface area contributed by atoms with Crippen molar-refractivity contribution in [2.75, 3.05) is 12.8 Å². The third-order valence-corrected chi connectivity index (χ3v) is 4.41. The molecule has 0 aromatic heterocycles. The third kappa shape index (κ3) is 4.00. The molecule has 1 aromatic rings. The van der Waals surface area contributed by atoms with E-state index in [9.17, 15) is 14.7 Å². The summed E-state index contributed by atoms with van der Waals surface area (Å²) in [6, 6.07) is 6.82. The predicted octanol–water partition coefficient (Wildman–Crippen LogP) is 3.02. The number of hydrogen-bond acceptors (Lipinski definition) is 3. The number of nitrogens with zero attached hydrogens (tertiary/aromatic N) is 1. The second-order valence-corrected chi connectivity index (χ2v) is 6.20. The second kappa shape index (κ2) is 7.50. The highest BCUT2D eigenvalue weighted by molar-refractivity contribution is 7.97. The molecule has 114 valence electrons. The van der Waals surface area contributed by atoms with E-state index in [-0.39, 0.29) is 5.91 Å². The summed E-state index contributed by atoms with van der Waals surface area (Å²) in [5.41, 5.74) is 1.68. The zero-order valence-electron chi connectivity index (χ0n) is 12.2. The zero-order chi connectivity index (χ0) is 15.2. The number of carbonyl (C=O) groups excluding carboxylic acids is 1. The summed E-state index contributed by atoms with van der Waals surface area (Å²) in [7, 11) is 0. The van der Waals surface area contributed by atoms with Gasteiger partial charge in [-0.3, -0.25) is 4.79 Å². The fourth-order valence-electron chi connectivity index (χ4n) is 2.73. The summed E-state index contributed by atoms with van der Waals surface area (Å²) in [5, 5.41) is 9.37. The lowest BCUT2D eigenvalue weighted by molar-refractivity contribution is -0.142. The highest BCUT2D eigenvalue weighted by Crippen LogP contribution is 2.21. The standard InChI is InChI=1S/C16H21NO3S/c1-21-11-12-6-5-7-13(10-12)15(18)17-9-4-2-3-8-14(17)16(19)20/h5-7,10,14H,2-4,8-9,11H2,1H3,(H,19,20). The van der Waals surface area contributed by atoms with E-state index in [4.69, 9.17) is 0 Å². The number of thioether (sulfide) groups is 1. The Labute approximate surface area is 129 Å². The molecule has 0 aliphatic carbocycles. The summed E-state index contributed by atoms with van der Waals surface area (Å²) in [5.74, 6) is -0.207. The van der Waals surface area contributed by atoms with Crippen LogP contribution in [0.25, 0.3) is 0 Å². The molecule has 1 saturated heterocycles. The Morgan fingerprint density at radius 1 is 1.33 bits per heavy atom. The first kappa shape index (κ1) is 15.9. The van der Waals surface area contributed by atoms with Gasteiger partial charge < -0.3 is 10.0 Å². The maximum absolute atomic E-state index is 12.7. The number of carboxylic acids is 1. The smallest absolute Gasteiger partial charge is 0.326 e. The summed E-state index contributed by atoms with van der Waals surface area (Å²) in [4.78, 5) is 25.6. The highest BCUT2D eigenvalue weighted by atomic mass is 32.2. The molecule has 0 saturated carbocycles. The molecule has 0 bridgehead atoms. The van der Waals surface area contributed by atoms with Crippen molar-refractivity contribution < 1.29 is 14.7 Å². The molecule has 4 nitrogen and oxygen atoms in total. The Bertz CT molecular complexity index is 518. The number of hydrogen-bond donors (Lipinski definition) is 1. The van der Waals surface area contributed by atoms with Crippen LogP contribution in [-0.4, -0.2) is 40.7 Å². The molecule has 21 heavy (non-hydrogen) atoms. The molecule has 1 aromatic carbocycles. The minimum Gasteiger partial charge on any atom is -0.480 e. The first-order valence-electron chi connectivity index (χ1n) is 7.25. The fourth-order valence-corrected chi connectivity index (χ4v) is 3.25. The van der Waals surface area contributed by atoms with E-state index < -0.39 is 12.0 Å². The van der Waals surface area contributed by atoms with Gasteiger partial charge in [-0.05, 0) is 36.8 Å². The van der Waals surface area contributed by atoms with Crippen LogP contribution >= 0.6 is 11.8 Å². The molecule has 2 rings (SSSR count).